The molecule has 0 N–H and O–H groups in total. The molecule has 1 heteroatoms. The predicted molar refractivity (Wildman–Crippen MR) is 52.9 cm³/mol. The lowest BCUT2D eigenvalue weighted by Crippen LogP contribution is -1.97. The van der Waals surface area contributed by atoms with Gasteiger partial charge in [0.25, 0.3) is 0 Å². The second kappa shape index (κ2) is 3.91. The Balaban J connectivity index is 2.77. The van der Waals surface area contributed by atoms with Gasteiger partial charge in [-0.15, -0.1) is 0 Å². The molecule has 0 unspecified atom stereocenters. The lowest BCUT2D eigenvalue weighted by atomic mass is 10.0. The fraction of sp³-hybridized carbons (Fsp3) is 0.400. The van der Waals surface area contributed by atoms with Gasteiger partial charge >= 0.3 is 0 Å². The number of alkyl halides is 1. The van der Waals surface area contributed by atoms with Gasteiger partial charge < -0.3 is 0 Å². The smallest absolute Gasteiger partial charge is 0.0418 e. The van der Waals surface area contributed by atoms with Crippen LogP contribution in [-0.4, -0.2) is 0 Å². The van der Waals surface area contributed by atoms with Crippen molar-refractivity contribution >= 4 is 15.9 Å². The first-order chi connectivity index (χ1) is 5.22. The zero-order chi connectivity index (χ0) is 8.27. The minimum Gasteiger partial charge on any atom is -0.0836 e. The summed E-state index contributed by atoms with van der Waals surface area (Å²) in [4.78, 5) is 0.490. The zero-order valence-corrected chi connectivity index (χ0v) is 8.51. The van der Waals surface area contributed by atoms with E-state index in [1.807, 2.05) is 6.07 Å². The Labute approximate surface area is 76.8 Å². The normalized spacial score (nSPS) is 13.5. The molecule has 0 aliphatic carbocycles. The van der Waals surface area contributed by atoms with Crippen LogP contribution in [0.25, 0.3) is 0 Å². The summed E-state index contributed by atoms with van der Waals surface area (Å²) in [6.07, 6.45) is 0. The van der Waals surface area contributed by atoms with Crippen molar-refractivity contribution in [1.82, 2.24) is 0 Å². The van der Waals surface area contributed by atoms with Gasteiger partial charge in [-0.3, -0.25) is 0 Å². The Hall–Kier alpha value is -0.300. The third-order valence-corrected chi connectivity index (χ3v) is 3.29. The molecule has 0 amide bonds. The number of benzene rings is 1. The summed E-state index contributed by atoms with van der Waals surface area (Å²) in [6.45, 7) is 4.43. The summed E-state index contributed by atoms with van der Waals surface area (Å²) in [5, 5.41) is 0. The topological polar surface area (TPSA) is 0 Å². The summed E-state index contributed by atoms with van der Waals surface area (Å²) in [6, 6.07) is 10.5. The highest BCUT2D eigenvalue weighted by atomic mass is 79.9. The van der Waals surface area contributed by atoms with Gasteiger partial charge in [-0.2, -0.15) is 0 Å². The SMILES string of the molecule is CC(C)[C@H](Br)c1ccccc1. The Bertz CT molecular complexity index is 203. The van der Waals surface area contributed by atoms with Gasteiger partial charge in [-0.25, -0.2) is 0 Å². The standard InChI is InChI=1S/C10H13Br/c1-8(2)10(11)9-6-4-3-5-7-9/h3-8,10H,1-2H3/t10-/m0/s1. The van der Waals surface area contributed by atoms with Crippen molar-refractivity contribution in [3.8, 4) is 0 Å². The van der Waals surface area contributed by atoms with E-state index in [1.54, 1.807) is 0 Å². The van der Waals surface area contributed by atoms with Gasteiger partial charge in [0.2, 0.25) is 0 Å². The molecule has 0 nitrogen and oxygen atoms in total. The van der Waals surface area contributed by atoms with Crippen LogP contribution in [0.2, 0.25) is 0 Å². The van der Waals surface area contributed by atoms with Crippen molar-refractivity contribution in [3.63, 3.8) is 0 Å². The molecule has 0 saturated carbocycles. The van der Waals surface area contributed by atoms with Crippen molar-refractivity contribution in [3.05, 3.63) is 35.9 Å². The lowest BCUT2D eigenvalue weighted by Gasteiger charge is -2.13. The van der Waals surface area contributed by atoms with E-state index in [1.165, 1.54) is 5.56 Å². The van der Waals surface area contributed by atoms with Gasteiger partial charge in [0.1, 0.15) is 0 Å². The van der Waals surface area contributed by atoms with Crippen LogP contribution in [-0.2, 0) is 0 Å². The molecule has 0 radical (unpaired) electrons. The molecule has 0 bridgehead atoms. The average molecular weight is 213 g/mol. The highest BCUT2D eigenvalue weighted by molar-refractivity contribution is 9.09. The van der Waals surface area contributed by atoms with Crippen molar-refractivity contribution in [2.24, 2.45) is 5.92 Å². The quantitative estimate of drug-likeness (QED) is 0.656. The second-order valence-electron chi connectivity index (χ2n) is 3.06. The molecule has 0 aliphatic rings. The molecule has 1 aromatic rings. The Morgan fingerprint density at radius 3 is 2.09 bits per heavy atom. The first-order valence-corrected chi connectivity index (χ1v) is 4.82. The molecule has 1 rings (SSSR count). The van der Waals surface area contributed by atoms with E-state index in [-0.39, 0.29) is 0 Å². The fourth-order valence-electron chi connectivity index (χ4n) is 1.02. The third kappa shape index (κ3) is 2.33. The van der Waals surface area contributed by atoms with Crippen LogP contribution >= 0.6 is 15.9 Å². The third-order valence-electron chi connectivity index (χ3n) is 1.70. The monoisotopic (exact) mass is 212 g/mol. The number of hydrogen-bond donors (Lipinski definition) is 0. The van der Waals surface area contributed by atoms with Crippen LogP contribution in [0, 0.1) is 5.92 Å². The number of hydrogen-bond acceptors (Lipinski definition) is 0. The van der Waals surface area contributed by atoms with Gasteiger partial charge in [0.05, 0.1) is 0 Å². The highest BCUT2D eigenvalue weighted by Crippen LogP contribution is 2.29. The Morgan fingerprint density at radius 2 is 1.64 bits per heavy atom. The van der Waals surface area contributed by atoms with Gasteiger partial charge in [0, 0.05) is 4.83 Å². The highest BCUT2D eigenvalue weighted by Gasteiger charge is 2.09. The van der Waals surface area contributed by atoms with Crippen LogP contribution in [0.1, 0.15) is 24.2 Å². The van der Waals surface area contributed by atoms with Crippen molar-refractivity contribution in [2.75, 3.05) is 0 Å². The zero-order valence-electron chi connectivity index (χ0n) is 6.92. The minimum atomic E-state index is 0.490. The first-order valence-electron chi connectivity index (χ1n) is 3.91. The lowest BCUT2D eigenvalue weighted by molar-refractivity contribution is 0.641. The molecule has 0 fully saturated rings. The molecule has 1 atom stereocenters. The molecule has 0 spiro atoms. The summed E-state index contributed by atoms with van der Waals surface area (Å²) in [5.74, 6) is 0.650. The summed E-state index contributed by atoms with van der Waals surface area (Å²) < 4.78 is 0. The maximum absolute atomic E-state index is 3.65. The van der Waals surface area contributed by atoms with Gasteiger partial charge in [-0.1, -0.05) is 60.1 Å². The van der Waals surface area contributed by atoms with Crippen LogP contribution < -0.4 is 0 Å². The number of halogens is 1. The van der Waals surface area contributed by atoms with Crippen molar-refractivity contribution in [1.29, 1.82) is 0 Å². The van der Waals surface area contributed by atoms with Gasteiger partial charge in [-0.05, 0) is 11.5 Å². The Kier molecular flexibility index (Phi) is 3.13. The summed E-state index contributed by atoms with van der Waals surface area (Å²) in [5.41, 5.74) is 1.36. The fourth-order valence-corrected chi connectivity index (χ4v) is 1.33. The van der Waals surface area contributed by atoms with E-state index in [9.17, 15) is 0 Å². The molecular formula is C10H13Br. The van der Waals surface area contributed by atoms with E-state index in [4.69, 9.17) is 0 Å². The second-order valence-corrected chi connectivity index (χ2v) is 4.04. The van der Waals surface area contributed by atoms with Crippen LogP contribution in [0.5, 0.6) is 0 Å². The Morgan fingerprint density at radius 1 is 1.09 bits per heavy atom. The molecule has 0 saturated heterocycles. The molecule has 60 valence electrons. The predicted octanol–water partition coefficient (Wildman–Crippen LogP) is 3.78. The summed E-state index contributed by atoms with van der Waals surface area (Å²) >= 11 is 3.65. The van der Waals surface area contributed by atoms with Crippen molar-refractivity contribution < 1.29 is 0 Å². The van der Waals surface area contributed by atoms with Crippen LogP contribution in [0.15, 0.2) is 30.3 Å². The molecular weight excluding hydrogens is 200 g/mol. The molecule has 1 aromatic carbocycles. The minimum absolute atomic E-state index is 0.490. The number of rotatable bonds is 2. The summed E-state index contributed by atoms with van der Waals surface area (Å²) in [7, 11) is 0. The van der Waals surface area contributed by atoms with Gasteiger partial charge in [0.15, 0.2) is 0 Å². The average Bonchev–Trinajstić information content (AvgIpc) is 2.05. The van der Waals surface area contributed by atoms with Crippen molar-refractivity contribution in [2.45, 2.75) is 18.7 Å². The molecule has 0 aliphatic heterocycles. The van der Waals surface area contributed by atoms with E-state index < -0.39 is 0 Å². The van der Waals surface area contributed by atoms with E-state index >= 15 is 0 Å². The molecule has 0 heterocycles. The maximum Gasteiger partial charge on any atom is 0.0418 e. The van der Waals surface area contributed by atoms with E-state index in [0.29, 0.717) is 10.7 Å². The largest absolute Gasteiger partial charge is 0.0836 e. The van der Waals surface area contributed by atoms with Crippen LogP contribution in [0.3, 0.4) is 0 Å². The van der Waals surface area contributed by atoms with E-state index in [0.717, 1.165) is 0 Å². The van der Waals surface area contributed by atoms with Crippen LogP contribution in [0.4, 0.5) is 0 Å². The molecule has 11 heavy (non-hydrogen) atoms. The van der Waals surface area contributed by atoms with E-state index in [2.05, 4.69) is 54.0 Å². The maximum atomic E-state index is 3.65. The first kappa shape index (κ1) is 8.79. The molecule has 0 aromatic heterocycles.